The number of esters is 2. The van der Waals surface area contributed by atoms with Crippen molar-refractivity contribution in [1.29, 1.82) is 0 Å². The quantitative estimate of drug-likeness (QED) is 0.320. The molecule has 0 aromatic rings. The first-order valence-corrected chi connectivity index (χ1v) is 9.19. The summed E-state index contributed by atoms with van der Waals surface area (Å²) < 4.78 is 10.5. The minimum absolute atomic E-state index is 0.251. The Bertz CT molecular complexity index is 376. The first kappa shape index (κ1) is 19.7. The van der Waals surface area contributed by atoms with Crippen LogP contribution in [0, 0.1) is 11.8 Å². The summed E-state index contributed by atoms with van der Waals surface area (Å²) in [6.45, 7) is 4.80. The van der Waals surface area contributed by atoms with Crippen molar-refractivity contribution in [1.82, 2.24) is 0 Å². The van der Waals surface area contributed by atoms with Crippen LogP contribution in [-0.4, -0.2) is 25.2 Å². The summed E-state index contributed by atoms with van der Waals surface area (Å²) in [5.74, 6) is -1.31. The lowest BCUT2D eigenvalue weighted by molar-refractivity contribution is -0.160. The van der Waals surface area contributed by atoms with Crippen LogP contribution in [0.2, 0.25) is 0 Å². The minimum atomic E-state index is -0.388. The van der Waals surface area contributed by atoms with Crippen LogP contribution in [0.25, 0.3) is 0 Å². The van der Waals surface area contributed by atoms with Gasteiger partial charge in [0.1, 0.15) is 0 Å². The third kappa shape index (κ3) is 7.67. The molecule has 0 aliphatic heterocycles. The zero-order valence-corrected chi connectivity index (χ0v) is 14.7. The number of hydrogen-bond donors (Lipinski definition) is 0. The van der Waals surface area contributed by atoms with Crippen molar-refractivity contribution in [3.05, 3.63) is 12.2 Å². The third-order valence-electron chi connectivity index (χ3n) is 4.32. The second kappa shape index (κ2) is 12.1. The van der Waals surface area contributed by atoms with E-state index in [1.807, 2.05) is 12.2 Å². The zero-order chi connectivity index (χ0) is 16.9. The molecule has 0 heterocycles. The largest absolute Gasteiger partial charge is 0.466 e. The lowest BCUT2D eigenvalue weighted by Crippen LogP contribution is -2.33. The van der Waals surface area contributed by atoms with Crippen molar-refractivity contribution in [2.75, 3.05) is 13.2 Å². The van der Waals surface area contributed by atoms with Crippen molar-refractivity contribution in [2.24, 2.45) is 11.8 Å². The van der Waals surface area contributed by atoms with Crippen LogP contribution >= 0.6 is 0 Å². The van der Waals surface area contributed by atoms with Gasteiger partial charge in [-0.05, 0) is 26.2 Å². The van der Waals surface area contributed by atoms with Gasteiger partial charge in [0.25, 0.3) is 0 Å². The maximum absolute atomic E-state index is 12.2. The number of ether oxygens (including phenoxy) is 2. The molecule has 0 N–H and O–H groups in total. The first-order chi connectivity index (χ1) is 11.2. The normalized spacial score (nSPS) is 20.3. The second-order valence-corrected chi connectivity index (χ2v) is 6.20. The molecule has 0 bridgehead atoms. The van der Waals surface area contributed by atoms with Crippen LogP contribution in [0.5, 0.6) is 0 Å². The van der Waals surface area contributed by atoms with Crippen LogP contribution < -0.4 is 0 Å². The van der Waals surface area contributed by atoms with Crippen LogP contribution in [0.15, 0.2) is 12.2 Å². The zero-order valence-electron chi connectivity index (χ0n) is 14.7. The monoisotopic (exact) mass is 324 g/mol. The second-order valence-electron chi connectivity index (χ2n) is 6.20. The van der Waals surface area contributed by atoms with E-state index in [4.69, 9.17) is 9.47 Å². The highest BCUT2D eigenvalue weighted by Gasteiger charge is 2.36. The van der Waals surface area contributed by atoms with Crippen LogP contribution in [0.3, 0.4) is 0 Å². The Balaban J connectivity index is 2.24. The summed E-state index contributed by atoms with van der Waals surface area (Å²) in [5, 5.41) is 0. The van der Waals surface area contributed by atoms with E-state index in [2.05, 4.69) is 6.92 Å². The molecule has 23 heavy (non-hydrogen) atoms. The Hall–Kier alpha value is -1.32. The molecule has 0 saturated heterocycles. The predicted molar refractivity (Wildman–Crippen MR) is 90.9 cm³/mol. The Kier molecular flexibility index (Phi) is 10.4. The van der Waals surface area contributed by atoms with E-state index in [9.17, 15) is 9.59 Å². The van der Waals surface area contributed by atoms with Crippen molar-refractivity contribution in [3.8, 4) is 0 Å². The van der Waals surface area contributed by atoms with Gasteiger partial charge in [-0.2, -0.15) is 0 Å². The van der Waals surface area contributed by atoms with Gasteiger partial charge < -0.3 is 9.47 Å². The summed E-state index contributed by atoms with van der Waals surface area (Å²) in [7, 11) is 0. The van der Waals surface area contributed by atoms with Crippen LogP contribution in [-0.2, 0) is 19.1 Å². The van der Waals surface area contributed by atoms with Gasteiger partial charge in [-0.3, -0.25) is 9.59 Å². The number of carbonyl (C=O) groups is 2. The Labute approximate surface area is 140 Å². The van der Waals surface area contributed by atoms with Crippen molar-refractivity contribution < 1.29 is 19.1 Å². The molecule has 1 aliphatic rings. The van der Waals surface area contributed by atoms with E-state index in [1.54, 1.807) is 6.92 Å². The van der Waals surface area contributed by atoms with Crippen molar-refractivity contribution in [3.63, 3.8) is 0 Å². The molecule has 0 saturated carbocycles. The predicted octanol–water partition coefficient (Wildman–Crippen LogP) is 4.43. The lowest BCUT2D eigenvalue weighted by atomic mass is 9.83. The van der Waals surface area contributed by atoms with Crippen LogP contribution in [0.1, 0.15) is 71.6 Å². The summed E-state index contributed by atoms with van der Waals surface area (Å²) >= 11 is 0. The van der Waals surface area contributed by atoms with E-state index in [0.29, 0.717) is 26.1 Å². The average molecular weight is 324 g/mol. The number of allylic oxidation sites excluding steroid dienone is 2. The van der Waals surface area contributed by atoms with Gasteiger partial charge in [0.15, 0.2) is 0 Å². The number of hydrogen-bond acceptors (Lipinski definition) is 4. The summed E-state index contributed by atoms with van der Waals surface area (Å²) in [5.41, 5.74) is 0. The Morgan fingerprint density at radius 2 is 1.35 bits per heavy atom. The maximum Gasteiger partial charge on any atom is 0.310 e. The average Bonchev–Trinajstić information content (AvgIpc) is 2.57. The highest BCUT2D eigenvalue weighted by Crippen LogP contribution is 2.28. The summed E-state index contributed by atoms with van der Waals surface area (Å²) in [6.07, 6.45) is 13.4. The number of unbranched alkanes of at least 4 members (excludes halogenated alkanes) is 6. The molecule has 1 aliphatic carbocycles. The number of rotatable bonds is 11. The molecule has 2 atom stereocenters. The van der Waals surface area contributed by atoms with Gasteiger partial charge in [0.2, 0.25) is 0 Å². The van der Waals surface area contributed by atoms with Gasteiger partial charge in [-0.25, -0.2) is 0 Å². The van der Waals surface area contributed by atoms with Gasteiger partial charge >= 0.3 is 11.9 Å². The van der Waals surface area contributed by atoms with Crippen molar-refractivity contribution >= 4 is 11.9 Å². The molecular formula is C19H32O4. The molecule has 0 aromatic carbocycles. The van der Waals surface area contributed by atoms with Gasteiger partial charge in [-0.1, -0.05) is 57.6 Å². The molecule has 132 valence electrons. The van der Waals surface area contributed by atoms with Gasteiger partial charge in [0, 0.05) is 0 Å². The third-order valence-corrected chi connectivity index (χ3v) is 4.32. The SMILES string of the molecule is CCCCCCCCCOC(=O)C1CC=CCC1C(=O)OCC. The highest BCUT2D eigenvalue weighted by atomic mass is 16.5. The van der Waals surface area contributed by atoms with E-state index >= 15 is 0 Å². The topological polar surface area (TPSA) is 52.6 Å². The van der Waals surface area contributed by atoms with E-state index in [1.165, 1.54) is 32.1 Å². The smallest absolute Gasteiger partial charge is 0.310 e. The van der Waals surface area contributed by atoms with E-state index in [-0.39, 0.29) is 23.8 Å². The van der Waals surface area contributed by atoms with E-state index in [0.717, 1.165) is 12.8 Å². The van der Waals surface area contributed by atoms with E-state index < -0.39 is 0 Å². The summed E-state index contributed by atoms with van der Waals surface area (Å²) in [6, 6.07) is 0. The lowest BCUT2D eigenvalue weighted by Gasteiger charge is -2.25. The molecule has 2 unspecified atom stereocenters. The Morgan fingerprint density at radius 3 is 1.91 bits per heavy atom. The molecule has 0 amide bonds. The Morgan fingerprint density at radius 1 is 0.826 bits per heavy atom. The molecule has 1 rings (SSSR count). The van der Waals surface area contributed by atoms with Crippen molar-refractivity contribution in [2.45, 2.75) is 71.6 Å². The van der Waals surface area contributed by atoms with Gasteiger partial charge in [-0.15, -0.1) is 0 Å². The van der Waals surface area contributed by atoms with Gasteiger partial charge in [0.05, 0.1) is 25.0 Å². The molecule has 0 radical (unpaired) electrons. The fourth-order valence-corrected chi connectivity index (χ4v) is 2.92. The molecule has 4 nitrogen and oxygen atoms in total. The molecule has 0 aromatic heterocycles. The minimum Gasteiger partial charge on any atom is -0.466 e. The number of carbonyl (C=O) groups excluding carboxylic acids is 2. The molecular weight excluding hydrogens is 292 g/mol. The fraction of sp³-hybridized carbons (Fsp3) is 0.789. The maximum atomic E-state index is 12.2. The standard InChI is InChI=1S/C19H32O4/c1-3-5-6-7-8-9-12-15-23-19(21)17-14-11-10-13-16(17)18(20)22-4-2/h10-11,16-17H,3-9,12-15H2,1-2H3. The first-order valence-electron chi connectivity index (χ1n) is 9.19. The molecule has 0 spiro atoms. The summed E-state index contributed by atoms with van der Waals surface area (Å²) in [4.78, 5) is 24.2. The molecule has 0 fully saturated rings. The van der Waals surface area contributed by atoms with Crippen LogP contribution in [0.4, 0.5) is 0 Å². The fourth-order valence-electron chi connectivity index (χ4n) is 2.92. The molecule has 4 heteroatoms. The highest BCUT2D eigenvalue weighted by molar-refractivity contribution is 5.82.